The predicted molar refractivity (Wildman–Crippen MR) is 111 cm³/mol. The number of benzene rings is 1. The summed E-state index contributed by atoms with van der Waals surface area (Å²) in [6.07, 6.45) is 0.248. The molecule has 1 fully saturated rings. The Morgan fingerprint density at radius 1 is 1.31 bits per heavy atom. The van der Waals surface area contributed by atoms with E-state index in [1.807, 2.05) is 26.8 Å². The van der Waals surface area contributed by atoms with Crippen molar-refractivity contribution in [1.82, 2.24) is 9.78 Å². The van der Waals surface area contributed by atoms with E-state index in [9.17, 15) is 13.2 Å². The highest BCUT2D eigenvalue weighted by Crippen LogP contribution is 2.33. The van der Waals surface area contributed by atoms with Crippen molar-refractivity contribution in [2.75, 3.05) is 16.8 Å². The summed E-state index contributed by atoms with van der Waals surface area (Å²) in [7, 11) is -3.08. The molecule has 1 saturated heterocycles. The summed E-state index contributed by atoms with van der Waals surface area (Å²) in [6, 6.07) is 6.83. The Balaban J connectivity index is 1.58. The maximum atomic E-state index is 12.9. The number of ether oxygens (including phenoxy) is 1. The first-order valence-electron chi connectivity index (χ1n) is 9.58. The number of nitrogens with zero attached hydrogens (tertiary/aromatic N) is 2. The summed E-state index contributed by atoms with van der Waals surface area (Å²) >= 11 is 6.03. The van der Waals surface area contributed by atoms with Crippen LogP contribution in [0.25, 0.3) is 0 Å². The minimum absolute atomic E-state index is 0.0327. The van der Waals surface area contributed by atoms with Crippen LogP contribution in [0.2, 0.25) is 5.02 Å². The standard InChI is InChI=1S/C20H24ClN3O4S/c1-20(2,3)17-10-18(24(23-17)14-6-7-29(26,27)11-14)22-19(25)16-9-12-8-13(21)4-5-15(12)28-16/h4-5,8,10,14,16H,6-7,9,11H2,1-3H3,(H,22,25)/t14-,16-/m1/s1. The molecule has 2 aliphatic rings. The van der Waals surface area contributed by atoms with Crippen LogP contribution in [0.4, 0.5) is 5.82 Å². The number of nitrogens with one attached hydrogen (secondary N) is 1. The van der Waals surface area contributed by atoms with Gasteiger partial charge in [0.1, 0.15) is 11.6 Å². The Morgan fingerprint density at radius 2 is 2.07 bits per heavy atom. The monoisotopic (exact) mass is 437 g/mol. The van der Waals surface area contributed by atoms with Crippen LogP contribution in [0.1, 0.15) is 44.5 Å². The molecule has 2 aromatic rings. The van der Waals surface area contributed by atoms with E-state index in [0.717, 1.165) is 11.3 Å². The van der Waals surface area contributed by atoms with Gasteiger partial charge in [-0.3, -0.25) is 4.79 Å². The highest BCUT2D eigenvalue weighted by molar-refractivity contribution is 7.91. The van der Waals surface area contributed by atoms with Crippen LogP contribution in [0.15, 0.2) is 24.3 Å². The van der Waals surface area contributed by atoms with Gasteiger partial charge >= 0.3 is 0 Å². The molecule has 4 rings (SSSR count). The molecule has 2 aliphatic heterocycles. The summed E-state index contributed by atoms with van der Waals surface area (Å²) < 4.78 is 31.3. The van der Waals surface area contributed by atoms with E-state index in [1.54, 1.807) is 22.9 Å². The number of fused-ring (bicyclic) bond motifs is 1. The zero-order valence-corrected chi connectivity index (χ0v) is 18.2. The molecule has 1 aromatic carbocycles. The molecule has 1 aromatic heterocycles. The van der Waals surface area contributed by atoms with Crippen molar-refractivity contribution < 1.29 is 17.9 Å². The molecule has 0 unspecified atom stereocenters. The Kier molecular flexibility index (Phi) is 4.90. The fourth-order valence-corrected chi connectivity index (χ4v) is 5.56. The van der Waals surface area contributed by atoms with Gasteiger partial charge in [-0.2, -0.15) is 5.10 Å². The number of aromatic nitrogens is 2. The van der Waals surface area contributed by atoms with Crippen molar-refractivity contribution in [2.45, 2.75) is 51.2 Å². The number of halogens is 1. The largest absolute Gasteiger partial charge is 0.480 e. The highest BCUT2D eigenvalue weighted by Gasteiger charge is 2.34. The third-order valence-electron chi connectivity index (χ3n) is 5.30. The first-order valence-corrected chi connectivity index (χ1v) is 11.8. The molecule has 1 amide bonds. The normalized spacial score (nSPS) is 22.9. The summed E-state index contributed by atoms with van der Waals surface area (Å²) in [6.45, 7) is 6.07. The van der Waals surface area contributed by atoms with Crippen molar-refractivity contribution in [3.63, 3.8) is 0 Å². The molecule has 0 saturated carbocycles. The Hall–Kier alpha value is -2.06. The van der Waals surface area contributed by atoms with Crippen LogP contribution in [0.5, 0.6) is 5.75 Å². The van der Waals surface area contributed by atoms with Crippen LogP contribution in [-0.2, 0) is 26.5 Å². The number of hydrogen-bond acceptors (Lipinski definition) is 5. The number of hydrogen-bond donors (Lipinski definition) is 1. The van der Waals surface area contributed by atoms with Gasteiger partial charge in [-0.15, -0.1) is 0 Å². The molecule has 7 nitrogen and oxygen atoms in total. The SMILES string of the molecule is CC(C)(C)c1cc(NC(=O)[C@H]2Cc3cc(Cl)ccc3O2)n([C@@H]2CCS(=O)(=O)C2)n1. The maximum Gasteiger partial charge on any atom is 0.266 e. The van der Waals surface area contributed by atoms with Crippen molar-refractivity contribution in [2.24, 2.45) is 0 Å². The molecule has 1 N–H and O–H groups in total. The van der Waals surface area contributed by atoms with E-state index in [2.05, 4.69) is 10.4 Å². The molecule has 0 spiro atoms. The van der Waals surface area contributed by atoms with Gasteiger partial charge < -0.3 is 10.1 Å². The van der Waals surface area contributed by atoms with E-state index < -0.39 is 15.9 Å². The first kappa shape index (κ1) is 20.2. The number of anilines is 1. The molecule has 0 aliphatic carbocycles. The molecule has 2 atom stereocenters. The van der Waals surface area contributed by atoms with Gasteiger partial charge in [0.25, 0.3) is 5.91 Å². The zero-order chi connectivity index (χ0) is 21.0. The molecule has 9 heteroatoms. The second kappa shape index (κ2) is 7.02. The predicted octanol–water partition coefficient (Wildman–Crippen LogP) is 3.14. The molecular weight excluding hydrogens is 414 g/mol. The summed E-state index contributed by atoms with van der Waals surface area (Å²) in [5, 5.41) is 8.15. The van der Waals surface area contributed by atoms with Crippen molar-refractivity contribution in [3.8, 4) is 5.75 Å². The lowest BCUT2D eigenvalue weighted by atomic mass is 9.92. The second-order valence-electron chi connectivity index (χ2n) is 8.72. The van der Waals surface area contributed by atoms with E-state index >= 15 is 0 Å². The topological polar surface area (TPSA) is 90.3 Å². The number of rotatable bonds is 3. The number of sulfone groups is 1. The van der Waals surface area contributed by atoms with E-state index in [-0.39, 0.29) is 28.9 Å². The Morgan fingerprint density at radius 3 is 2.72 bits per heavy atom. The summed E-state index contributed by atoms with van der Waals surface area (Å²) in [5.74, 6) is 1.03. The lowest BCUT2D eigenvalue weighted by molar-refractivity contribution is -0.122. The van der Waals surface area contributed by atoms with Crippen LogP contribution in [0.3, 0.4) is 0 Å². The van der Waals surface area contributed by atoms with Crippen LogP contribution in [0, 0.1) is 0 Å². The highest BCUT2D eigenvalue weighted by atomic mass is 35.5. The van der Waals surface area contributed by atoms with Gasteiger partial charge in [-0.05, 0) is 30.2 Å². The zero-order valence-electron chi connectivity index (χ0n) is 16.6. The lowest BCUT2D eigenvalue weighted by Gasteiger charge is -2.16. The summed E-state index contributed by atoms with van der Waals surface area (Å²) in [4.78, 5) is 12.9. The smallest absolute Gasteiger partial charge is 0.266 e. The van der Waals surface area contributed by atoms with Gasteiger partial charge in [-0.1, -0.05) is 32.4 Å². The van der Waals surface area contributed by atoms with Crippen molar-refractivity contribution in [3.05, 3.63) is 40.5 Å². The van der Waals surface area contributed by atoms with Crippen molar-refractivity contribution >= 4 is 33.2 Å². The van der Waals surface area contributed by atoms with E-state index in [1.165, 1.54) is 0 Å². The number of carbonyl (C=O) groups excluding carboxylic acids is 1. The average molecular weight is 438 g/mol. The third-order valence-corrected chi connectivity index (χ3v) is 7.28. The average Bonchev–Trinajstić information content (AvgIpc) is 3.30. The van der Waals surface area contributed by atoms with E-state index in [0.29, 0.717) is 29.4 Å². The molecule has 29 heavy (non-hydrogen) atoms. The minimum Gasteiger partial charge on any atom is -0.480 e. The Bertz CT molecular complexity index is 1070. The fraction of sp³-hybridized carbons (Fsp3) is 0.500. The molecule has 0 radical (unpaired) electrons. The molecule has 0 bridgehead atoms. The van der Waals surface area contributed by atoms with Crippen LogP contribution < -0.4 is 10.1 Å². The first-order chi connectivity index (χ1) is 13.5. The fourth-order valence-electron chi connectivity index (χ4n) is 3.67. The maximum absolute atomic E-state index is 12.9. The van der Waals surface area contributed by atoms with Gasteiger partial charge in [0, 0.05) is 22.9 Å². The number of amides is 1. The molecule has 156 valence electrons. The van der Waals surface area contributed by atoms with Crippen molar-refractivity contribution in [1.29, 1.82) is 0 Å². The minimum atomic E-state index is -3.08. The van der Waals surface area contributed by atoms with Gasteiger partial charge in [0.2, 0.25) is 0 Å². The van der Waals surface area contributed by atoms with Crippen LogP contribution in [-0.4, -0.2) is 41.7 Å². The lowest BCUT2D eigenvalue weighted by Crippen LogP contribution is -2.32. The molecule has 3 heterocycles. The summed E-state index contributed by atoms with van der Waals surface area (Å²) in [5.41, 5.74) is 1.45. The number of carbonyl (C=O) groups is 1. The van der Waals surface area contributed by atoms with Gasteiger partial charge in [-0.25, -0.2) is 13.1 Å². The van der Waals surface area contributed by atoms with Gasteiger partial charge in [0.15, 0.2) is 15.9 Å². The third kappa shape index (κ3) is 4.14. The quantitative estimate of drug-likeness (QED) is 0.796. The van der Waals surface area contributed by atoms with Crippen LogP contribution >= 0.6 is 11.6 Å². The van der Waals surface area contributed by atoms with Gasteiger partial charge in [0.05, 0.1) is 23.2 Å². The Labute approximate surface area is 175 Å². The molecular formula is C20H24ClN3O4S. The van der Waals surface area contributed by atoms with E-state index in [4.69, 9.17) is 16.3 Å². The second-order valence-corrected chi connectivity index (χ2v) is 11.4.